The zero-order chi connectivity index (χ0) is 15.3. The van der Waals surface area contributed by atoms with Gasteiger partial charge in [0.25, 0.3) is 0 Å². The number of rotatable bonds is 7. The van der Waals surface area contributed by atoms with Crippen molar-refractivity contribution in [3.8, 4) is 5.75 Å². The van der Waals surface area contributed by atoms with Gasteiger partial charge < -0.3 is 9.84 Å². The molecule has 0 spiro atoms. The summed E-state index contributed by atoms with van der Waals surface area (Å²) in [5.74, 6) is -0.701. The average molecular weight is 299 g/mol. The Labute approximate surface area is 118 Å². The van der Waals surface area contributed by atoms with Gasteiger partial charge in [-0.15, -0.1) is 6.58 Å². The molecule has 0 aliphatic heterocycles. The van der Waals surface area contributed by atoms with E-state index < -0.39 is 22.4 Å². The molecule has 0 bridgehead atoms. The van der Waals surface area contributed by atoms with Gasteiger partial charge in [0.15, 0.2) is 0 Å². The van der Waals surface area contributed by atoms with Crippen molar-refractivity contribution in [1.29, 1.82) is 0 Å². The van der Waals surface area contributed by atoms with Gasteiger partial charge in [0.1, 0.15) is 5.75 Å². The van der Waals surface area contributed by atoms with Crippen LogP contribution in [0.2, 0.25) is 0 Å². The van der Waals surface area contributed by atoms with E-state index in [1.54, 1.807) is 0 Å². The number of aliphatic carboxylic acids is 1. The van der Waals surface area contributed by atoms with Crippen LogP contribution >= 0.6 is 0 Å². The zero-order valence-corrected chi connectivity index (χ0v) is 12.2. The van der Waals surface area contributed by atoms with E-state index in [9.17, 15) is 13.2 Å². The Morgan fingerprint density at radius 2 is 2.15 bits per heavy atom. The van der Waals surface area contributed by atoms with E-state index in [1.165, 1.54) is 38.4 Å². The van der Waals surface area contributed by atoms with Crippen molar-refractivity contribution in [2.45, 2.75) is 11.3 Å². The first-order chi connectivity index (χ1) is 9.32. The quantitative estimate of drug-likeness (QED) is 0.763. The fourth-order valence-electron chi connectivity index (χ4n) is 1.68. The van der Waals surface area contributed by atoms with Crippen LogP contribution in [-0.4, -0.2) is 44.5 Å². The number of carboxylic acids is 1. The molecule has 110 valence electrons. The predicted molar refractivity (Wildman–Crippen MR) is 74.3 cm³/mol. The second kappa shape index (κ2) is 6.53. The van der Waals surface area contributed by atoms with Gasteiger partial charge in [-0.1, -0.05) is 6.08 Å². The first-order valence-electron chi connectivity index (χ1n) is 5.79. The van der Waals surface area contributed by atoms with Crippen LogP contribution in [0.5, 0.6) is 5.75 Å². The Morgan fingerprint density at radius 3 is 2.65 bits per heavy atom. The van der Waals surface area contributed by atoms with Gasteiger partial charge in [0.2, 0.25) is 10.0 Å². The molecule has 0 aromatic heterocycles. The number of hydrogen-bond donors (Lipinski definition) is 1. The number of carboxylic acid groups (broad SMARTS) is 1. The molecule has 0 fully saturated rings. The molecule has 0 aliphatic carbocycles. The summed E-state index contributed by atoms with van der Waals surface area (Å²) in [6.45, 7) is 3.63. The third kappa shape index (κ3) is 3.58. The first-order valence-corrected chi connectivity index (χ1v) is 7.23. The lowest BCUT2D eigenvalue weighted by atomic mass is 10.1. The van der Waals surface area contributed by atoms with Crippen molar-refractivity contribution in [1.82, 2.24) is 4.31 Å². The normalized spacial score (nSPS) is 11.3. The predicted octanol–water partition coefficient (Wildman–Crippen LogP) is 1.13. The summed E-state index contributed by atoms with van der Waals surface area (Å²) < 4.78 is 30.8. The van der Waals surface area contributed by atoms with Crippen LogP contribution < -0.4 is 4.74 Å². The third-order valence-corrected chi connectivity index (χ3v) is 4.61. The number of methoxy groups -OCH3 is 1. The largest absolute Gasteiger partial charge is 0.497 e. The van der Waals surface area contributed by atoms with E-state index in [1.807, 2.05) is 0 Å². The molecule has 0 radical (unpaired) electrons. The molecule has 0 atom stereocenters. The number of nitrogens with zero attached hydrogens (tertiary/aromatic N) is 1. The van der Waals surface area contributed by atoms with Crippen LogP contribution in [0.15, 0.2) is 35.7 Å². The summed E-state index contributed by atoms with van der Waals surface area (Å²) in [5.41, 5.74) is 0.188. The standard InChI is InChI=1S/C13H17NO5S/c1-4-7-14(2)20(17,18)12-6-5-11(19-3)8-10(12)9-13(15)16/h4-6,8H,1,7,9H2,2-3H3,(H,15,16). The van der Waals surface area contributed by atoms with Gasteiger partial charge in [-0.05, 0) is 23.8 Å². The summed E-state index contributed by atoms with van der Waals surface area (Å²) in [6, 6.07) is 4.26. The monoisotopic (exact) mass is 299 g/mol. The highest BCUT2D eigenvalue weighted by molar-refractivity contribution is 7.89. The third-order valence-electron chi connectivity index (χ3n) is 2.68. The molecule has 6 nitrogen and oxygen atoms in total. The molecule has 0 aliphatic rings. The van der Waals surface area contributed by atoms with Crippen LogP contribution in [-0.2, 0) is 21.2 Å². The first kappa shape index (κ1) is 16.2. The van der Waals surface area contributed by atoms with Crippen LogP contribution in [0.3, 0.4) is 0 Å². The minimum atomic E-state index is -3.76. The number of likely N-dealkylation sites (N-methyl/N-ethyl adjacent to an activating group) is 1. The molecule has 1 N–H and O–H groups in total. The summed E-state index contributed by atoms with van der Waals surface area (Å²) in [7, 11) is -0.922. The van der Waals surface area contributed by atoms with Crippen molar-refractivity contribution < 1.29 is 23.1 Å². The van der Waals surface area contributed by atoms with Crippen LogP contribution in [0.4, 0.5) is 0 Å². The lowest BCUT2D eigenvalue weighted by Gasteiger charge is -2.18. The lowest BCUT2D eigenvalue weighted by Crippen LogP contribution is -2.28. The van der Waals surface area contributed by atoms with Gasteiger partial charge >= 0.3 is 5.97 Å². The molecule has 0 saturated carbocycles. The minimum Gasteiger partial charge on any atom is -0.497 e. The smallest absolute Gasteiger partial charge is 0.307 e. The van der Waals surface area contributed by atoms with Gasteiger partial charge in [-0.25, -0.2) is 8.42 Å². The van der Waals surface area contributed by atoms with Gasteiger partial charge in [-0.3, -0.25) is 4.79 Å². The number of hydrogen-bond acceptors (Lipinski definition) is 4. The molecule has 0 saturated heterocycles. The van der Waals surface area contributed by atoms with E-state index in [0.29, 0.717) is 5.75 Å². The highest BCUT2D eigenvalue weighted by Crippen LogP contribution is 2.24. The summed E-state index contributed by atoms with van der Waals surface area (Å²) >= 11 is 0. The molecular formula is C13H17NO5S. The topological polar surface area (TPSA) is 83.9 Å². The summed E-state index contributed by atoms with van der Waals surface area (Å²) in [6.07, 6.45) is 1.06. The second-order valence-electron chi connectivity index (χ2n) is 4.12. The molecular weight excluding hydrogens is 282 g/mol. The van der Waals surface area contributed by atoms with Gasteiger partial charge in [-0.2, -0.15) is 4.31 Å². The molecule has 20 heavy (non-hydrogen) atoms. The molecule has 0 amide bonds. The summed E-state index contributed by atoms with van der Waals surface area (Å²) in [4.78, 5) is 10.8. The van der Waals surface area contributed by atoms with Crippen molar-refractivity contribution >= 4 is 16.0 Å². The second-order valence-corrected chi connectivity index (χ2v) is 6.13. The maximum atomic E-state index is 12.4. The number of carbonyl (C=O) groups is 1. The Morgan fingerprint density at radius 1 is 1.50 bits per heavy atom. The fraction of sp³-hybridized carbons (Fsp3) is 0.308. The lowest BCUT2D eigenvalue weighted by molar-refractivity contribution is -0.136. The molecule has 0 heterocycles. The van der Waals surface area contributed by atoms with E-state index >= 15 is 0 Å². The fourth-order valence-corrected chi connectivity index (χ4v) is 3.02. The Hall–Kier alpha value is -1.86. The number of ether oxygens (including phenoxy) is 1. The highest BCUT2D eigenvalue weighted by Gasteiger charge is 2.24. The number of benzene rings is 1. The van der Waals surface area contributed by atoms with Crippen molar-refractivity contribution in [2.75, 3.05) is 20.7 Å². The zero-order valence-electron chi connectivity index (χ0n) is 11.4. The average Bonchev–Trinajstić information content (AvgIpc) is 2.37. The highest BCUT2D eigenvalue weighted by atomic mass is 32.2. The maximum Gasteiger partial charge on any atom is 0.307 e. The van der Waals surface area contributed by atoms with Crippen LogP contribution in [0.25, 0.3) is 0 Å². The SMILES string of the molecule is C=CCN(C)S(=O)(=O)c1ccc(OC)cc1CC(=O)O. The van der Waals surface area contributed by atoms with E-state index in [2.05, 4.69) is 6.58 Å². The maximum absolute atomic E-state index is 12.4. The van der Waals surface area contributed by atoms with Gasteiger partial charge in [0.05, 0.1) is 18.4 Å². The molecule has 1 aromatic carbocycles. The Balaban J connectivity index is 3.35. The molecule has 7 heteroatoms. The van der Waals surface area contributed by atoms with Crippen molar-refractivity contribution in [3.05, 3.63) is 36.4 Å². The Bertz CT molecular complexity index is 609. The molecule has 0 unspecified atom stereocenters. The summed E-state index contributed by atoms with van der Waals surface area (Å²) in [5, 5.41) is 8.90. The molecule has 1 rings (SSSR count). The van der Waals surface area contributed by atoms with E-state index in [0.717, 1.165) is 4.31 Å². The van der Waals surface area contributed by atoms with Crippen molar-refractivity contribution in [3.63, 3.8) is 0 Å². The Kier molecular flexibility index (Phi) is 5.29. The van der Waals surface area contributed by atoms with Crippen LogP contribution in [0.1, 0.15) is 5.56 Å². The minimum absolute atomic E-state index is 0.0370. The van der Waals surface area contributed by atoms with Crippen LogP contribution in [0, 0.1) is 0 Å². The van der Waals surface area contributed by atoms with Crippen molar-refractivity contribution in [2.24, 2.45) is 0 Å². The van der Waals surface area contributed by atoms with Gasteiger partial charge in [0, 0.05) is 13.6 Å². The number of sulfonamides is 1. The molecule has 1 aromatic rings. The van der Waals surface area contributed by atoms with E-state index in [-0.39, 0.29) is 17.0 Å². The van der Waals surface area contributed by atoms with E-state index in [4.69, 9.17) is 9.84 Å².